The lowest BCUT2D eigenvalue weighted by molar-refractivity contribution is 0.347. The van der Waals surface area contributed by atoms with Crippen molar-refractivity contribution in [3.63, 3.8) is 0 Å². The van der Waals surface area contributed by atoms with Gasteiger partial charge in [0, 0.05) is 31.1 Å². The van der Waals surface area contributed by atoms with Gasteiger partial charge >= 0.3 is 0 Å². The summed E-state index contributed by atoms with van der Waals surface area (Å²) >= 11 is 1.64. The predicted molar refractivity (Wildman–Crippen MR) is 70.7 cm³/mol. The van der Waals surface area contributed by atoms with Gasteiger partial charge in [0.05, 0.1) is 11.2 Å². The van der Waals surface area contributed by atoms with Gasteiger partial charge < -0.3 is 5.32 Å². The van der Waals surface area contributed by atoms with Crippen LogP contribution in [0.4, 0.5) is 0 Å². The molecule has 1 N–H and O–H groups in total. The Morgan fingerprint density at radius 2 is 2.38 bits per heavy atom. The zero-order valence-electron chi connectivity index (χ0n) is 10.4. The molecule has 0 unspecified atom stereocenters. The van der Waals surface area contributed by atoms with Crippen molar-refractivity contribution in [3.05, 3.63) is 28.7 Å². The normalized spacial score (nSPS) is 11.3. The van der Waals surface area contributed by atoms with E-state index in [0.717, 1.165) is 25.3 Å². The summed E-state index contributed by atoms with van der Waals surface area (Å²) in [5.41, 5.74) is 4.22. The van der Waals surface area contributed by atoms with Crippen molar-refractivity contribution in [2.24, 2.45) is 0 Å². The van der Waals surface area contributed by atoms with Crippen molar-refractivity contribution in [1.29, 1.82) is 0 Å². The molecule has 0 aliphatic heterocycles. The highest BCUT2D eigenvalue weighted by Gasteiger charge is 2.04. The maximum absolute atomic E-state index is 4.27. The standard InChI is InChI=1S/C12H21N3S/c1-10(2)13-5-11(3)6-15(4)7-12-8-16-9-14-12/h8-10,13H,3,5-7H2,1-2,4H3. The highest BCUT2D eigenvalue weighted by molar-refractivity contribution is 7.07. The maximum atomic E-state index is 4.27. The smallest absolute Gasteiger partial charge is 0.0795 e. The highest BCUT2D eigenvalue weighted by atomic mass is 32.1. The molecular weight excluding hydrogens is 218 g/mol. The van der Waals surface area contributed by atoms with Gasteiger partial charge in [-0.3, -0.25) is 4.90 Å². The largest absolute Gasteiger partial charge is 0.311 e. The van der Waals surface area contributed by atoms with E-state index in [0.29, 0.717) is 6.04 Å². The van der Waals surface area contributed by atoms with Crippen molar-refractivity contribution in [3.8, 4) is 0 Å². The van der Waals surface area contributed by atoms with E-state index in [2.05, 4.69) is 48.1 Å². The van der Waals surface area contributed by atoms with Crippen LogP contribution in [-0.4, -0.2) is 36.1 Å². The maximum Gasteiger partial charge on any atom is 0.0795 e. The Morgan fingerprint density at radius 1 is 1.62 bits per heavy atom. The molecule has 3 nitrogen and oxygen atoms in total. The van der Waals surface area contributed by atoms with Gasteiger partial charge in [-0.25, -0.2) is 4.98 Å². The summed E-state index contributed by atoms with van der Waals surface area (Å²) < 4.78 is 0. The minimum Gasteiger partial charge on any atom is -0.311 e. The third-order valence-corrected chi connectivity index (χ3v) is 2.80. The quantitative estimate of drug-likeness (QED) is 0.739. The summed E-state index contributed by atoms with van der Waals surface area (Å²) in [6.07, 6.45) is 0. The molecule has 4 heteroatoms. The summed E-state index contributed by atoms with van der Waals surface area (Å²) in [4.78, 5) is 6.50. The van der Waals surface area contributed by atoms with E-state index in [1.807, 2.05) is 5.51 Å². The first-order valence-electron chi connectivity index (χ1n) is 5.53. The molecule has 16 heavy (non-hydrogen) atoms. The molecule has 0 radical (unpaired) electrons. The van der Waals surface area contributed by atoms with Crippen LogP contribution in [0.3, 0.4) is 0 Å². The monoisotopic (exact) mass is 239 g/mol. The predicted octanol–water partition coefficient (Wildman–Crippen LogP) is 2.13. The molecule has 0 atom stereocenters. The molecule has 0 saturated carbocycles. The SMILES string of the molecule is C=C(CNC(C)C)CN(C)Cc1cscn1. The van der Waals surface area contributed by atoms with Crippen LogP contribution in [0.1, 0.15) is 19.5 Å². The van der Waals surface area contributed by atoms with Gasteiger partial charge in [0.25, 0.3) is 0 Å². The van der Waals surface area contributed by atoms with Crippen LogP contribution >= 0.6 is 11.3 Å². The number of hydrogen-bond acceptors (Lipinski definition) is 4. The van der Waals surface area contributed by atoms with Gasteiger partial charge in [0.2, 0.25) is 0 Å². The van der Waals surface area contributed by atoms with Crippen molar-refractivity contribution in [1.82, 2.24) is 15.2 Å². The van der Waals surface area contributed by atoms with Crippen molar-refractivity contribution < 1.29 is 0 Å². The van der Waals surface area contributed by atoms with Crippen molar-refractivity contribution >= 4 is 11.3 Å². The molecule has 1 aromatic rings. The van der Waals surface area contributed by atoms with Gasteiger partial charge in [0.15, 0.2) is 0 Å². The molecule has 1 heterocycles. The Labute approximate surface area is 102 Å². The van der Waals surface area contributed by atoms with E-state index in [9.17, 15) is 0 Å². The van der Waals surface area contributed by atoms with E-state index in [4.69, 9.17) is 0 Å². The number of aromatic nitrogens is 1. The van der Waals surface area contributed by atoms with E-state index in [1.54, 1.807) is 11.3 Å². The molecule has 0 spiro atoms. The Morgan fingerprint density at radius 3 is 2.94 bits per heavy atom. The first-order chi connectivity index (χ1) is 7.58. The van der Waals surface area contributed by atoms with Gasteiger partial charge in [0.1, 0.15) is 0 Å². The first kappa shape index (κ1) is 13.4. The molecule has 1 rings (SSSR count). The van der Waals surface area contributed by atoms with Crippen molar-refractivity contribution in [2.75, 3.05) is 20.1 Å². The minimum absolute atomic E-state index is 0.514. The fraction of sp³-hybridized carbons (Fsp3) is 0.583. The summed E-state index contributed by atoms with van der Waals surface area (Å²) in [5, 5.41) is 5.46. The van der Waals surface area contributed by atoms with Crippen LogP contribution in [0.5, 0.6) is 0 Å². The van der Waals surface area contributed by atoms with Crippen LogP contribution in [0.25, 0.3) is 0 Å². The number of likely N-dealkylation sites (N-methyl/N-ethyl adjacent to an activating group) is 1. The average molecular weight is 239 g/mol. The first-order valence-corrected chi connectivity index (χ1v) is 6.48. The molecule has 0 amide bonds. The lowest BCUT2D eigenvalue weighted by atomic mass is 10.2. The van der Waals surface area contributed by atoms with Gasteiger partial charge in [-0.15, -0.1) is 11.3 Å². The second-order valence-corrected chi connectivity index (χ2v) is 5.16. The second-order valence-electron chi connectivity index (χ2n) is 4.44. The van der Waals surface area contributed by atoms with Gasteiger partial charge in [-0.1, -0.05) is 20.4 Å². The Kier molecular flexibility index (Phi) is 5.66. The molecule has 0 aliphatic carbocycles. The van der Waals surface area contributed by atoms with Crippen LogP contribution in [-0.2, 0) is 6.54 Å². The summed E-state index contributed by atoms with van der Waals surface area (Å²) in [6.45, 7) is 11.1. The Hall–Kier alpha value is -0.710. The number of hydrogen-bond donors (Lipinski definition) is 1. The van der Waals surface area contributed by atoms with E-state index < -0.39 is 0 Å². The third kappa shape index (κ3) is 5.39. The van der Waals surface area contributed by atoms with Gasteiger partial charge in [-0.05, 0) is 12.6 Å². The molecule has 0 saturated heterocycles. The summed E-state index contributed by atoms with van der Waals surface area (Å²) in [7, 11) is 2.10. The van der Waals surface area contributed by atoms with E-state index in [1.165, 1.54) is 5.57 Å². The topological polar surface area (TPSA) is 28.2 Å². The molecular formula is C12H21N3S. The lowest BCUT2D eigenvalue weighted by Gasteiger charge is -2.18. The van der Waals surface area contributed by atoms with Crippen LogP contribution < -0.4 is 5.32 Å². The van der Waals surface area contributed by atoms with Gasteiger partial charge in [-0.2, -0.15) is 0 Å². The van der Waals surface area contributed by atoms with E-state index in [-0.39, 0.29) is 0 Å². The molecule has 1 aromatic heterocycles. The third-order valence-electron chi connectivity index (χ3n) is 2.17. The Bertz CT molecular complexity index is 306. The summed E-state index contributed by atoms with van der Waals surface area (Å²) in [5.74, 6) is 0. The zero-order chi connectivity index (χ0) is 12.0. The van der Waals surface area contributed by atoms with Crippen molar-refractivity contribution in [2.45, 2.75) is 26.4 Å². The van der Waals surface area contributed by atoms with Crippen LogP contribution in [0, 0.1) is 0 Å². The molecule has 0 bridgehead atoms. The highest BCUT2D eigenvalue weighted by Crippen LogP contribution is 2.05. The molecule has 0 aromatic carbocycles. The second kappa shape index (κ2) is 6.78. The average Bonchev–Trinajstić information content (AvgIpc) is 2.67. The van der Waals surface area contributed by atoms with E-state index >= 15 is 0 Å². The van der Waals surface area contributed by atoms with Crippen LogP contribution in [0.2, 0.25) is 0 Å². The lowest BCUT2D eigenvalue weighted by Crippen LogP contribution is -2.29. The number of rotatable bonds is 7. The summed E-state index contributed by atoms with van der Waals surface area (Å²) in [6, 6.07) is 0.514. The molecule has 0 fully saturated rings. The van der Waals surface area contributed by atoms with Crippen LogP contribution in [0.15, 0.2) is 23.0 Å². The number of nitrogens with zero attached hydrogens (tertiary/aromatic N) is 2. The zero-order valence-corrected chi connectivity index (χ0v) is 11.2. The number of nitrogens with one attached hydrogen (secondary N) is 1. The molecule has 0 aliphatic rings. The minimum atomic E-state index is 0.514. The number of thiazole rings is 1. The Balaban J connectivity index is 2.23. The molecule has 90 valence electrons. The fourth-order valence-electron chi connectivity index (χ4n) is 1.43. The fourth-order valence-corrected chi connectivity index (χ4v) is 1.98.